The maximum atomic E-state index is 13.6. The van der Waals surface area contributed by atoms with Gasteiger partial charge in [-0.2, -0.15) is 5.26 Å². The van der Waals surface area contributed by atoms with Crippen LogP contribution in [0, 0.1) is 23.1 Å². The van der Waals surface area contributed by atoms with Gasteiger partial charge >= 0.3 is 0 Å². The Hall–Kier alpha value is -4.12. The molecular formula is C27H27FN4O3. The van der Waals surface area contributed by atoms with Gasteiger partial charge in [0.25, 0.3) is 5.91 Å². The highest BCUT2D eigenvalue weighted by Gasteiger charge is 2.35. The summed E-state index contributed by atoms with van der Waals surface area (Å²) in [5.74, 6) is 0.896. The summed E-state index contributed by atoms with van der Waals surface area (Å²) in [5, 5.41) is 12.1. The standard InChI is InChI=1S/C27H27FN4O3/c1-17(2)15-32-25(11-18-4-6-21(34-3)12-22(18)27(32)33)23-14-30-9-8-26(23)35-16-31-20-5-7-24(28)19(10-20)13-29/h4-10,12,14,17,25,31H,11,15-16H2,1-3H3. The smallest absolute Gasteiger partial charge is 0.254 e. The van der Waals surface area contributed by atoms with E-state index >= 15 is 0 Å². The molecule has 0 saturated carbocycles. The molecule has 3 aromatic rings. The number of hydrogen-bond acceptors (Lipinski definition) is 6. The Morgan fingerprint density at radius 3 is 2.83 bits per heavy atom. The van der Waals surface area contributed by atoms with E-state index in [1.807, 2.05) is 23.1 Å². The normalized spacial score (nSPS) is 14.9. The molecule has 0 bridgehead atoms. The summed E-state index contributed by atoms with van der Waals surface area (Å²) in [7, 11) is 1.59. The second-order valence-electron chi connectivity index (χ2n) is 8.78. The number of benzene rings is 2. The molecule has 2 heterocycles. The summed E-state index contributed by atoms with van der Waals surface area (Å²) in [5.41, 5.74) is 2.93. The van der Waals surface area contributed by atoms with E-state index in [-0.39, 0.29) is 30.2 Å². The molecule has 7 nitrogen and oxygen atoms in total. The second kappa shape index (κ2) is 10.4. The number of hydrogen-bond donors (Lipinski definition) is 1. The third-order valence-corrected chi connectivity index (χ3v) is 5.92. The van der Waals surface area contributed by atoms with Crippen LogP contribution in [0.25, 0.3) is 0 Å². The van der Waals surface area contributed by atoms with Crippen LogP contribution in [0.4, 0.5) is 10.1 Å². The Morgan fingerprint density at radius 2 is 2.09 bits per heavy atom. The fourth-order valence-electron chi connectivity index (χ4n) is 4.25. The number of amides is 1. The van der Waals surface area contributed by atoms with E-state index in [0.29, 0.717) is 35.7 Å². The van der Waals surface area contributed by atoms with Crippen molar-refractivity contribution in [3.63, 3.8) is 0 Å². The van der Waals surface area contributed by atoms with Crippen molar-refractivity contribution in [1.29, 1.82) is 5.26 Å². The average molecular weight is 475 g/mol. The molecule has 1 aromatic heterocycles. The minimum absolute atomic E-state index is 0.0417. The quantitative estimate of drug-likeness (QED) is 0.465. The van der Waals surface area contributed by atoms with Crippen LogP contribution >= 0.6 is 0 Å². The molecule has 0 spiro atoms. The number of nitriles is 1. The highest BCUT2D eigenvalue weighted by Crippen LogP contribution is 2.38. The zero-order valence-corrected chi connectivity index (χ0v) is 19.9. The molecule has 180 valence electrons. The topological polar surface area (TPSA) is 87.5 Å². The van der Waals surface area contributed by atoms with Crippen molar-refractivity contribution < 1.29 is 18.7 Å². The molecule has 1 aliphatic heterocycles. The number of fused-ring (bicyclic) bond motifs is 1. The van der Waals surface area contributed by atoms with Gasteiger partial charge in [-0.3, -0.25) is 9.78 Å². The number of anilines is 1. The molecule has 0 aliphatic carbocycles. The molecule has 1 aliphatic rings. The summed E-state index contributed by atoms with van der Waals surface area (Å²) >= 11 is 0. The van der Waals surface area contributed by atoms with Gasteiger partial charge in [-0.15, -0.1) is 0 Å². The molecule has 2 aromatic carbocycles. The van der Waals surface area contributed by atoms with Crippen LogP contribution in [-0.2, 0) is 6.42 Å². The minimum Gasteiger partial charge on any atom is -0.497 e. The van der Waals surface area contributed by atoms with Crippen LogP contribution < -0.4 is 14.8 Å². The number of aromatic nitrogens is 1. The maximum Gasteiger partial charge on any atom is 0.254 e. The number of nitrogens with one attached hydrogen (secondary N) is 1. The molecular weight excluding hydrogens is 447 g/mol. The number of carbonyl (C=O) groups is 1. The van der Waals surface area contributed by atoms with Gasteiger partial charge in [0.05, 0.1) is 18.7 Å². The Morgan fingerprint density at radius 1 is 1.26 bits per heavy atom. The lowest BCUT2D eigenvalue weighted by Crippen LogP contribution is -2.42. The molecule has 4 rings (SSSR count). The maximum absolute atomic E-state index is 13.6. The molecule has 1 amide bonds. The van der Waals surface area contributed by atoms with Crippen LogP contribution in [0.5, 0.6) is 11.5 Å². The predicted molar refractivity (Wildman–Crippen MR) is 130 cm³/mol. The van der Waals surface area contributed by atoms with Crippen molar-refractivity contribution in [1.82, 2.24) is 9.88 Å². The molecule has 1 unspecified atom stereocenters. The van der Waals surface area contributed by atoms with Crippen molar-refractivity contribution >= 4 is 11.6 Å². The summed E-state index contributed by atoms with van der Waals surface area (Å²) < 4.78 is 25.0. The molecule has 1 N–H and O–H groups in total. The van der Waals surface area contributed by atoms with Gasteiger partial charge in [0.1, 0.15) is 23.4 Å². The molecule has 1 atom stereocenters. The summed E-state index contributed by atoms with van der Waals surface area (Å²) in [4.78, 5) is 19.7. The zero-order valence-electron chi connectivity index (χ0n) is 19.9. The molecule has 8 heteroatoms. The van der Waals surface area contributed by atoms with Crippen LogP contribution in [-0.4, -0.2) is 36.2 Å². The van der Waals surface area contributed by atoms with Gasteiger partial charge < -0.3 is 19.7 Å². The molecule has 0 fully saturated rings. The van der Waals surface area contributed by atoms with Gasteiger partial charge in [-0.1, -0.05) is 19.9 Å². The Kier molecular flexibility index (Phi) is 7.16. The van der Waals surface area contributed by atoms with Crippen molar-refractivity contribution in [3.8, 4) is 17.6 Å². The molecule has 0 saturated heterocycles. The number of pyridine rings is 1. The number of methoxy groups -OCH3 is 1. The lowest BCUT2D eigenvalue weighted by atomic mass is 9.88. The molecule has 0 radical (unpaired) electrons. The van der Waals surface area contributed by atoms with E-state index in [4.69, 9.17) is 14.7 Å². The Balaban J connectivity index is 1.59. The number of carbonyl (C=O) groups excluding carboxylic acids is 1. The largest absolute Gasteiger partial charge is 0.497 e. The third kappa shape index (κ3) is 5.19. The van der Waals surface area contributed by atoms with Gasteiger partial charge in [-0.25, -0.2) is 4.39 Å². The Bertz CT molecular complexity index is 1270. The lowest BCUT2D eigenvalue weighted by molar-refractivity contribution is 0.0615. The first-order valence-electron chi connectivity index (χ1n) is 11.4. The lowest BCUT2D eigenvalue weighted by Gasteiger charge is -2.38. The van der Waals surface area contributed by atoms with Crippen LogP contribution in [0.15, 0.2) is 54.9 Å². The number of ether oxygens (including phenoxy) is 2. The average Bonchev–Trinajstić information content (AvgIpc) is 2.86. The van der Waals surface area contributed by atoms with Crippen molar-refractivity contribution in [2.75, 3.05) is 25.7 Å². The Labute approximate surface area is 204 Å². The van der Waals surface area contributed by atoms with E-state index in [1.165, 1.54) is 12.1 Å². The van der Waals surface area contributed by atoms with Gasteiger partial charge in [-0.05, 0) is 54.3 Å². The SMILES string of the molecule is COc1ccc2c(c1)C(=O)N(CC(C)C)C(c1cnccc1OCNc1ccc(F)c(C#N)c1)C2. The van der Waals surface area contributed by atoms with Crippen LogP contribution in [0.3, 0.4) is 0 Å². The number of nitrogens with zero attached hydrogens (tertiary/aromatic N) is 3. The van der Waals surface area contributed by atoms with Crippen LogP contribution in [0.1, 0.15) is 46.9 Å². The highest BCUT2D eigenvalue weighted by atomic mass is 19.1. The fraction of sp³-hybridized carbons (Fsp3) is 0.296. The van der Waals surface area contributed by atoms with Gasteiger partial charge in [0, 0.05) is 35.8 Å². The highest BCUT2D eigenvalue weighted by molar-refractivity contribution is 5.97. The van der Waals surface area contributed by atoms with Crippen LogP contribution in [0.2, 0.25) is 0 Å². The van der Waals surface area contributed by atoms with E-state index in [9.17, 15) is 9.18 Å². The van der Waals surface area contributed by atoms with Crippen molar-refractivity contribution in [2.45, 2.75) is 26.3 Å². The van der Waals surface area contributed by atoms with Crippen molar-refractivity contribution in [3.05, 3.63) is 82.9 Å². The second-order valence-corrected chi connectivity index (χ2v) is 8.78. The number of halogens is 1. The van der Waals surface area contributed by atoms with E-state index < -0.39 is 5.82 Å². The van der Waals surface area contributed by atoms with Gasteiger partial charge in [0.15, 0.2) is 6.73 Å². The third-order valence-electron chi connectivity index (χ3n) is 5.92. The molecule has 35 heavy (non-hydrogen) atoms. The summed E-state index contributed by atoms with van der Waals surface area (Å²) in [6, 6.07) is 13.2. The van der Waals surface area contributed by atoms with E-state index in [2.05, 4.69) is 24.1 Å². The summed E-state index contributed by atoms with van der Waals surface area (Å²) in [6.45, 7) is 4.83. The van der Waals surface area contributed by atoms with E-state index in [1.54, 1.807) is 37.7 Å². The summed E-state index contributed by atoms with van der Waals surface area (Å²) in [6.07, 6.45) is 4.00. The first kappa shape index (κ1) is 24.0. The van der Waals surface area contributed by atoms with E-state index in [0.717, 1.165) is 11.1 Å². The first-order chi connectivity index (χ1) is 16.9. The monoisotopic (exact) mass is 474 g/mol. The predicted octanol–water partition coefficient (Wildman–Crippen LogP) is 4.94. The first-order valence-corrected chi connectivity index (χ1v) is 11.4. The minimum atomic E-state index is -0.569. The number of rotatable bonds is 8. The fourth-order valence-corrected chi connectivity index (χ4v) is 4.25. The van der Waals surface area contributed by atoms with Gasteiger partial charge in [0.2, 0.25) is 0 Å². The van der Waals surface area contributed by atoms with Crippen molar-refractivity contribution in [2.24, 2.45) is 5.92 Å². The zero-order chi connectivity index (χ0) is 24.9.